The van der Waals surface area contributed by atoms with Crippen LogP contribution in [0.5, 0.6) is 0 Å². The molecule has 2 aliphatic heterocycles. The van der Waals surface area contributed by atoms with Crippen LogP contribution >= 0.6 is 15.9 Å². The Hall–Kier alpha value is -3.18. The zero-order valence-corrected chi connectivity index (χ0v) is 19.2. The molecule has 2 heterocycles. The number of carbonyl (C=O) groups is 3. The quantitative estimate of drug-likeness (QED) is 0.594. The van der Waals surface area contributed by atoms with Gasteiger partial charge in [-0.3, -0.25) is 19.3 Å². The van der Waals surface area contributed by atoms with Crippen molar-refractivity contribution in [1.82, 2.24) is 9.80 Å². The molecule has 3 amide bonds. The first-order chi connectivity index (χ1) is 15.5. The average Bonchev–Trinajstić information content (AvgIpc) is 2.97. The lowest BCUT2D eigenvalue weighted by Gasteiger charge is -2.24. The lowest BCUT2D eigenvalue weighted by Crippen LogP contribution is -2.36. The fourth-order valence-corrected chi connectivity index (χ4v) is 4.55. The van der Waals surface area contributed by atoms with Gasteiger partial charge in [0, 0.05) is 49.3 Å². The summed E-state index contributed by atoms with van der Waals surface area (Å²) in [5.74, 6) is -0.546. The molecule has 0 unspecified atom stereocenters. The minimum absolute atomic E-state index is 0.0473. The highest BCUT2D eigenvalue weighted by atomic mass is 79.9. The number of anilines is 1. The van der Waals surface area contributed by atoms with E-state index < -0.39 is 0 Å². The smallest absolute Gasteiger partial charge is 0.261 e. The van der Waals surface area contributed by atoms with Crippen LogP contribution in [0.1, 0.15) is 45.5 Å². The first kappa shape index (κ1) is 22.0. The monoisotopic (exact) mass is 494 g/mol. The van der Waals surface area contributed by atoms with Gasteiger partial charge in [-0.2, -0.15) is 5.26 Å². The molecule has 1 saturated heterocycles. The number of rotatable bonds is 5. The molecule has 1 fully saturated rings. The largest absolute Gasteiger partial charge is 0.370 e. The third kappa shape index (κ3) is 4.53. The molecular weight excluding hydrogens is 472 g/mol. The van der Waals surface area contributed by atoms with Gasteiger partial charge in [-0.1, -0.05) is 15.9 Å². The van der Waals surface area contributed by atoms with Crippen LogP contribution in [0.2, 0.25) is 0 Å². The highest BCUT2D eigenvalue weighted by Crippen LogP contribution is 2.26. The van der Waals surface area contributed by atoms with Crippen molar-refractivity contribution in [3.8, 4) is 6.07 Å². The van der Waals surface area contributed by atoms with Crippen molar-refractivity contribution in [2.45, 2.75) is 19.3 Å². The maximum atomic E-state index is 12.8. The molecule has 32 heavy (non-hydrogen) atoms. The Balaban J connectivity index is 1.28. The summed E-state index contributed by atoms with van der Waals surface area (Å²) in [7, 11) is 0. The Labute approximate surface area is 195 Å². The predicted octanol–water partition coefficient (Wildman–Crippen LogP) is 3.44. The highest BCUT2D eigenvalue weighted by Gasteiger charge is 2.35. The van der Waals surface area contributed by atoms with Crippen LogP contribution < -0.4 is 4.90 Å². The van der Waals surface area contributed by atoms with E-state index >= 15 is 0 Å². The fraction of sp³-hybridized carbons (Fsp3) is 0.333. The highest BCUT2D eigenvalue weighted by molar-refractivity contribution is 9.10. The van der Waals surface area contributed by atoms with Crippen LogP contribution in [-0.2, 0) is 4.79 Å². The van der Waals surface area contributed by atoms with E-state index in [9.17, 15) is 14.4 Å². The van der Waals surface area contributed by atoms with Gasteiger partial charge in [0.1, 0.15) is 0 Å². The van der Waals surface area contributed by atoms with Crippen LogP contribution in [0, 0.1) is 11.3 Å². The number of carbonyl (C=O) groups excluding carboxylic acids is 3. The number of fused-ring (bicyclic) bond motifs is 1. The lowest BCUT2D eigenvalue weighted by molar-refractivity contribution is -0.131. The Bertz CT molecular complexity index is 1090. The van der Waals surface area contributed by atoms with Gasteiger partial charge in [0.25, 0.3) is 11.8 Å². The SMILES string of the molecule is N#Cc1ccc(N2CCCN(C(=O)CCCN3C(=O)c4ccc(Br)cc4C3=O)CC2)cc1. The topological polar surface area (TPSA) is 84.7 Å². The average molecular weight is 495 g/mol. The number of amides is 3. The maximum Gasteiger partial charge on any atom is 0.261 e. The molecule has 4 rings (SSSR count). The molecule has 7 nitrogen and oxygen atoms in total. The zero-order valence-electron chi connectivity index (χ0n) is 17.6. The molecule has 2 aromatic carbocycles. The Morgan fingerprint density at radius 3 is 2.47 bits per heavy atom. The predicted molar refractivity (Wildman–Crippen MR) is 123 cm³/mol. The van der Waals surface area contributed by atoms with Gasteiger partial charge in [0.05, 0.1) is 22.8 Å². The minimum atomic E-state index is -0.299. The third-order valence-electron chi connectivity index (χ3n) is 5.92. The molecule has 0 atom stereocenters. The summed E-state index contributed by atoms with van der Waals surface area (Å²) in [5, 5.41) is 8.96. The Kier molecular flexibility index (Phi) is 6.56. The standard InChI is InChI=1S/C24H23BrN4O3/c25-18-6-9-20-21(15-18)24(32)29(23(20)31)12-1-3-22(30)28-11-2-10-27(13-14-28)19-7-4-17(16-26)5-8-19/h4-9,15H,1-3,10-14H2. The molecule has 0 radical (unpaired) electrons. The van der Waals surface area contributed by atoms with E-state index in [4.69, 9.17) is 5.26 Å². The summed E-state index contributed by atoms with van der Waals surface area (Å²) >= 11 is 3.33. The van der Waals surface area contributed by atoms with Gasteiger partial charge >= 0.3 is 0 Å². The van der Waals surface area contributed by atoms with Crippen molar-refractivity contribution in [2.24, 2.45) is 0 Å². The first-order valence-corrected chi connectivity index (χ1v) is 11.5. The molecule has 8 heteroatoms. The van der Waals surface area contributed by atoms with E-state index in [0.29, 0.717) is 42.6 Å². The summed E-state index contributed by atoms with van der Waals surface area (Å²) in [6.45, 7) is 3.12. The van der Waals surface area contributed by atoms with Crippen molar-refractivity contribution in [3.63, 3.8) is 0 Å². The van der Waals surface area contributed by atoms with E-state index in [2.05, 4.69) is 26.9 Å². The fourth-order valence-electron chi connectivity index (χ4n) is 4.18. The zero-order chi connectivity index (χ0) is 22.7. The van der Waals surface area contributed by atoms with E-state index in [-0.39, 0.29) is 24.3 Å². The molecule has 164 valence electrons. The van der Waals surface area contributed by atoms with Crippen LogP contribution in [-0.4, -0.2) is 60.2 Å². The van der Waals surface area contributed by atoms with Crippen LogP contribution in [0.3, 0.4) is 0 Å². The van der Waals surface area contributed by atoms with E-state index in [1.165, 1.54) is 4.90 Å². The molecule has 0 bridgehead atoms. The van der Waals surface area contributed by atoms with Gasteiger partial charge in [-0.05, 0) is 55.3 Å². The van der Waals surface area contributed by atoms with E-state index in [1.54, 1.807) is 30.3 Å². The summed E-state index contributed by atoms with van der Waals surface area (Å²) in [6, 6.07) is 14.7. The second-order valence-electron chi connectivity index (χ2n) is 7.94. The third-order valence-corrected chi connectivity index (χ3v) is 6.41. The van der Waals surface area contributed by atoms with Crippen LogP contribution in [0.25, 0.3) is 0 Å². The van der Waals surface area contributed by atoms with Gasteiger partial charge < -0.3 is 9.80 Å². The summed E-state index contributed by atoms with van der Waals surface area (Å²) in [5.41, 5.74) is 2.51. The summed E-state index contributed by atoms with van der Waals surface area (Å²) < 4.78 is 0.755. The molecule has 2 aliphatic rings. The second-order valence-corrected chi connectivity index (χ2v) is 8.85. The molecule has 0 saturated carbocycles. The number of hydrogen-bond donors (Lipinski definition) is 0. The Morgan fingerprint density at radius 1 is 0.969 bits per heavy atom. The van der Waals surface area contributed by atoms with Gasteiger partial charge in [-0.25, -0.2) is 0 Å². The summed E-state index contributed by atoms with van der Waals surface area (Å²) in [6.07, 6.45) is 1.61. The summed E-state index contributed by atoms with van der Waals surface area (Å²) in [4.78, 5) is 43.2. The number of halogens is 1. The normalized spacial score (nSPS) is 16.1. The van der Waals surface area contributed by atoms with Crippen molar-refractivity contribution in [3.05, 3.63) is 63.6 Å². The Morgan fingerprint density at radius 2 is 1.72 bits per heavy atom. The second kappa shape index (κ2) is 9.53. The van der Waals surface area contributed by atoms with Crippen molar-refractivity contribution < 1.29 is 14.4 Å². The van der Waals surface area contributed by atoms with E-state index in [1.807, 2.05) is 17.0 Å². The number of nitriles is 1. The van der Waals surface area contributed by atoms with Crippen LogP contribution in [0.4, 0.5) is 5.69 Å². The molecule has 0 spiro atoms. The molecular formula is C24H23BrN4O3. The lowest BCUT2D eigenvalue weighted by atomic mass is 10.1. The first-order valence-electron chi connectivity index (χ1n) is 10.7. The molecule has 2 aromatic rings. The van der Waals surface area contributed by atoms with E-state index in [0.717, 1.165) is 29.7 Å². The molecule has 0 aliphatic carbocycles. The molecule has 0 N–H and O–H groups in total. The minimum Gasteiger partial charge on any atom is -0.370 e. The van der Waals surface area contributed by atoms with Gasteiger partial charge in [-0.15, -0.1) is 0 Å². The van der Waals surface area contributed by atoms with Crippen molar-refractivity contribution >= 4 is 39.3 Å². The molecule has 0 aromatic heterocycles. The number of benzene rings is 2. The maximum absolute atomic E-state index is 12.8. The van der Waals surface area contributed by atoms with Crippen molar-refractivity contribution in [1.29, 1.82) is 5.26 Å². The number of nitrogens with zero attached hydrogens (tertiary/aromatic N) is 4. The van der Waals surface area contributed by atoms with Gasteiger partial charge in [0.15, 0.2) is 0 Å². The van der Waals surface area contributed by atoms with Gasteiger partial charge in [0.2, 0.25) is 5.91 Å². The van der Waals surface area contributed by atoms with Crippen LogP contribution in [0.15, 0.2) is 46.9 Å². The number of hydrogen-bond acceptors (Lipinski definition) is 5. The number of imide groups is 1. The van der Waals surface area contributed by atoms with Crippen molar-refractivity contribution in [2.75, 3.05) is 37.6 Å².